The minimum atomic E-state index is -0.164. The molecule has 0 atom stereocenters. The van der Waals surface area contributed by atoms with Crippen molar-refractivity contribution in [3.8, 4) is 0 Å². The lowest BCUT2D eigenvalue weighted by Gasteiger charge is -2.07. The van der Waals surface area contributed by atoms with Gasteiger partial charge in [-0.15, -0.1) is 0 Å². The Labute approximate surface area is 117 Å². The predicted octanol–water partition coefficient (Wildman–Crippen LogP) is 3.16. The van der Waals surface area contributed by atoms with E-state index in [0.29, 0.717) is 22.8 Å². The molecule has 0 saturated carbocycles. The molecular weight excluding hydrogens is 260 g/mol. The fourth-order valence-corrected chi connectivity index (χ4v) is 1.84. The molecule has 19 heavy (non-hydrogen) atoms. The molecule has 2 aromatic rings. The standard InChI is InChI=1S/C15H15ClN2O/c1-10-2-4-11(5-3-10)9-18-15(19)12-6-7-14(17)13(16)8-12/h2-8H,9,17H2,1H3,(H,18,19). The lowest BCUT2D eigenvalue weighted by Crippen LogP contribution is -2.22. The maximum Gasteiger partial charge on any atom is 0.251 e. The Balaban J connectivity index is 2.01. The van der Waals surface area contributed by atoms with Crippen LogP contribution in [0.25, 0.3) is 0 Å². The molecule has 0 aliphatic rings. The van der Waals surface area contributed by atoms with Crippen molar-refractivity contribution >= 4 is 23.2 Å². The summed E-state index contributed by atoms with van der Waals surface area (Å²) in [4.78, 5) is 11.9. The van der Waals surface area contributed by atoms with Gasteiger partial charge in [-0.3, -0.25) is 4.79 Å². The Morgan fingerprint density at radius 1 is 1.21 bits per heavy atom. The van der Waals surface area contributed by atoms with E-state index in [-0.39, 0.29) is 5.91 Å². The van der Waals surface area contributed by atoms with Crippen molar-refractivity contribution in [2.24, 2.45) is 0 Å². The smallest absolute Gasteiger partial charge is 0.251 e. The minimum Gasteiger partial charge on any atom is -0.398 e. The van der Waals surface area contributed by atoms with Crippen LogP contribution in [-0.2, 0) is 6.54 Å². The third kappa shape index (κ3) is 3.48. The zero-order chi connectivity index (χ0) is 13.8. The number of hydrogen-bond donors (Lipinski definition) is 2. The topological polar surface area (TPSA) is 55.1 Å². The first-order valence-corrected chi connectivity index (χ1v) is 6.33. The van der Waals surface area contributed by atoms with Gasteiger partial charge >= 0.3 is 0 Å². The van der Waals surface area contributed by atoms with E-state index in [0.717, 1.165) is 5.56 Å². The second-order valence-electron chi connectivity index (χ2n) is 4.40. The van der Waals surface area contributed by atoms with Crippen molar-refractivity contribution in [1.82, 2.24) is 5.32 Å². The van der Waals surface area contributed by atoms with Gasteiger partial charge in [0, 0.05) is 12.1 Å². The van der Waals surface area contributed by atoms with Gasteiger partial charge in [0.05, 0.1) is 10.7 Å². The van der Waals surface area contributed by atoms with E-state index in [1.54, 1.807) is 18.2 Å². The van der Waals surface area contributed by atoms with Gasteiger partial charge in [-0.25, -0.2) is 0 Å². The van der Waals surface area contributed by atoms with Crippen molar-refractivity contribution in [2.75, 3.05) is 5.73 Å². The van der Waals surface area contributed by atoms with Gasteiger partial charge in [0.15, 0.2) is 0 Å². The van der Waals surface area contributed by atoms with Gasteiger partial charge in [-0.05, 0) is 30.7 Å². The van der Waals surface area contributed by atoms with Crippen LogP contribution < -0.4 is 11.1 Å². The van der Waals surface area contributed by atoms with Gasteiger partial charge in [0.25, 0.3) is 5.91 Å². The normalized spacial score (nSPS) is 10.2. The average Bonchev–Trinajstić information content (AvgIpc) is 2.41. The highest BCUT2D eigenvalue weighted by Gasteiger charge is 2.07. The van der Waals surface area contributed by atoms with Gasteiger partial charge in [0.1, 0.15) is 0 Å². The molecule has 0 radical (unpaired) electrons. The molecule has 3 N–H and O–H groups in total. The number of rotatable bonds is 3. The molecule has 0 aromatic heterocycles. The first kappa shape index (κ1) is 13.4. The summed E-state index contributed by atoms with van der Waals surface area (Å²) in [6.45, 7) is 2.51. The summed E-state index contributed by atoms with van der Waals surface area (Å²) >= 11 is 5.89. The van der Waals surface area contributed by atoms with E-state index < -0.39 is 0 Å². The summed E-state index contributed by atoms with van der Waals surface area (Å²) < 4.78 is 0. The zero-order valence-corrected chi connectivity index (χ0v) is 11.4. The predicted molar refractivity (Wildman–Crippen MR) is 78.2 cm³/mol. The third-order valence-electron chi connectivity index (χ3n) is 2.84. The average molecular weight is 275 g/mol. The van der Waals surface area contributed by atoms with Crippen molar-refractivity contribution in [3.05, 3.63) is 64.2 Å². The van der Waals surface area contributed by atoms with Gasteiger partial charge in [-0.1, -0.05) is 41.4 Å². The summed E-state index contributed by atoms with van der Waals surface area (Å²) in [5.41, 5.74) is 8.83. The molecule has 2 rings (SSSR count). The summed E-state index contributed by atoms with van der Waals surface area (Å²) in [5.74, 6) is -0.164. The number of amides is 1. The van der Waals surface area contributed by atoms with E-state index in [9.17, 15) is 4.79 Å². The number of aryl methyl sites for hydroxylation is 1. The maximum absolute atomic E-state index is 11.9. The second kappa shape index (κ2) is 5.76. The lowest BCUT2D eigenvalue weighted by atomic mass is 10.1. The number of nitrogens with two attached hydrogens (primary N) is 1. The quantitative estimate of drug-likeness (QED) is 0.845. The Kier molecular flexibility index (Phi) is 4.07. The maximum atomic E-state index is 11.9. The number of nitrogens with one attached hydrogen (secondary N) is 1. The number of anilines is 1. The van der Waals surface area contributed by atoms with Crippen LogP contribution >= 0.6 is 11.6 Å². The van der Waals surface area contributed by atoms with Crippen molar-refractivity contribution in [2.45, 2.75) is 13.5 Å². The van der Waals surface area contributed by atoms with Crippen LogP contribution in [-0.4, -0.2) is 5.91 Å². The molecule has 0 unspecified atom stereocenters. The van der Waals surface area contributed by atoms with Crippen molar-refractivity contribution in [1.29, 1.82) is 0 Å². The highest BCUT2D eigenvalue weighted by atomic mass is 35.5. The highest BCUT2D eigenvalue weighted by Crippen LogP contribution is 2.19. The Hall–Kier alpha value is -2.00. The molecule has 1 amide bonds. The molecule has 2 aromatic carbocycles. The molecule has 0 spiro atoms. The fourth-order valence-electron chi connectivity index (χ4n) is 1.66. The molecule has 0 aliphatic heterocycles. The number of hydrogen-bond acceptors (Lipinski definition) is 2. The molecule has 4 heteroatoms. The minimum absolute atomic E-state index is 0.164. The fraction of sp³-hybridized carbons (Fsp3) is 0.133. The largest absolute Gasteiger partial charge is 0.398 e. The number of nitrogen functional groups attached to an aromatic ring is 1. The Morgan fingerprint density at radius 3 is 2.53 bits per heavy atom. The number of halogens is 1. The van der Waals surface area contributed by atoms with E-state index in [1.807, 2.05) is 31.2 Å². The van der Waals surface area contributed by atoms with Crippen molar-refractivity contribution in [3.63, 3.8) is 0 Å². The van der Waals surface area contributed by atoms with E-state index in [2.05, 4.69) is 5.32 Å². The number of carbonyl (C=O) groups excluding carboxylic acids is 1. The van der Waals surface area contributed by atoms with Crippen LogP contribution in [0.2, 0.25) is 5.02 Å². The van der Waals surface area contributed by atoms with Gasteiger partial charge in [0.2, 0.25) is 0 Å². The molecule has 0 saturated heterocycles. The third-order valence-corrected chi connectivity index (χ3v) is 3.16. The molecule has 0 fully saturated rings. The lowest BCUT2D eigenvalue weighted by molar-refractivity contribution is 0.0951. The van der Waals surface area contributed by atoms with Gasteiger partial charge in [-0.2, -0.15) is 0 Å². The second-order valence-corrected chi connectivity index (χ2v) is 4.81. The number of benzene rings is 2. The monoisotopic (exact) mass is 274 g/mol. The Bertz CT molecular complexity index is 594. The molecule has 98 valence electrons. The SMILES string of the molecule is Cc1ccc(CNC(=O)c2ccc(N)c(Cl)c2)cc1. The molecule has 0 bridgehead atoms. The number of carbonyl (C=O) groups is 1. The molecule has 3 nitrogen and oxygen atoms in total. The van der Waals surface area contributed by atoms with E-state index >= 15 is 0 Å². The summed E-state index contributed by atoms with van der Waals surface area (Å²) in [6, 6.07) is 12.9. The van der Waals surface area contributed by atoms with Crippen LogP contribution in [0.4, 0.5) is 5.69 Å². The molecular formula is C15H15ClN2O. The molecule has 0 heterocycles. The van der Waals surface area contributed by atoms with Crippen LogP contribution in [0.5, 0.6) is 0 Å². The summed E-state index contributed by atoms with van der Waals surface area (Å²) in [5, 5.41) is 3.23. The van der Waals surface area contributed by atoms with E-state index in [1.165, 1.54) is 5.56 Å². The Morgan fingerprint density at radius 2 is 1.89 bits per heavy atom. The van der Waals surface area contributed by atoms with Gasteiger partial charge < -0.3 is 11.1 Å². The molecule has 0 aliphatic carbocycles. The summed E-state index contributed by atoms with van der Waals surface area (Å²) in [6.07, 6.45) is 0. The van der Waals surface area contributed by atoms with Crippen molar-refractivity contribution < 1.29 is 4.79 Å². The van der Waals surface area contributed by atoms with Crippen LogP contribution in [0.15, 0.2) is 42.5 Å². The van der Waals surface area contributed by atoms with Crippen LogP contribution in [0, 0.1) is 6.92 Å². The highest BCUT2D eigenvalue weighted by molar-refractivity contribution is 6.33. The van der Waals surface area contributed by atoms with Crippen LogP contribution in [0.3, 0.4) is 0 Å². The first-order chi connectivity index (χ1) is 9.06. The first-order valence-electron chi connectivity index (χ1n) is 5.95. The van der Waals surface area contributed by atoms with Crippen LogP contribution in [0.1, 0.15) is 21.5 Å². The summed E-state index contributed by atoms with van der Waals surface area (Å²) in [7, 11) is 0. The van der Waals surface area contributed by atoms with E-state index in [4.69, 9.17) is 17.3 Å². The zero-order valence-electron chi connectivity index (χ0n) is 10.6.